The maximum absolute atomic E-state index is 12.1. The lowest BCUT2D eigenvalue weighted by atomic mass is 10.0. The number of likely N-dealkylation sites (tertiary alicyclic amines) is 1. The zero-order chi connectivity index (χ0) is 13.7. The van der Waals surface area contributed by atoms with E-state index in [-0.39, 0.29) is 5.91 Å². The molecule has 3 N–H and O–H groups in total. The van der Waals surface area contributed by atoms with Gasteiger partial charge in [0.2, 0.25) is 0 Å². The first kappa shape index (κ1) is 14.0. The molecule has 1 fully saturated rings. The van der Waals surface area contributed by atoms with Crippen molar-refractivity contribution < 1.29 is 4.79 Å². The minimum Gasteiger partial charge on any atom is -0.350 e. The second-order valence-electron chi connectivity index (χ2n) is 5.24. The highest BCUT2D eigenvalue weighted by atomic mass is 16.1. The Morgan fingerprint density at radius 2 is 2.32 bits per heavy atom. The molecule has 1 atom stereocenters. The summed E-state index contributed by atoms with van der Waals surface area (Å²) in [5.74, 6) is -0.00530. The Balaban J connectivity index is 1.89. The third-order valence-corrected chi connectivity index (χ3v) is 3.84. The predicted octanol–water partition coefficient (Wildman–Crippen LogP) is 1.36. The summed E-state index contributed by atoms with van der Waals surface area (Å²) >= 11 is 0. The predicted molar refractivity (Wildman–Crippen MR) is 76.9 cm³/mol. The fourth-order valence-corrected chi connectivity index (χ4v) is 2.55. The van der Waals surface area contributed by atoms with Crippen molar-refractivity contribution >= 4 is 5.91 Å². The molecule has 1 aliphatic heterocycles. The van der Waals surface area contributed by atoms with Crippen molar-refractivity contribution in [1.29, 1.82) is 0 Å². The maximum Gasteiger partial charge on any atom is 0.251 e. The number of benzene rings is 1. The topological polar surface area (TPSA) is 58.4 Å². The number of amides is 1. The summed E-state index contributed by atoms with van der Waals surface area (Å²) in [5, 5.41) is 3.03. The molecule has 1 aromatic rings. The van der Waals surface area contributed by atoms with Crippen molar-refractivity contribution in [3.8, 4) is 0 Å². The van der Waals surface area contributed by atoms with Gasteiger partial charge in [-0.15, -0.1) is 0 Å². The van der Waals surface area contributed by atoms with Gasteiger partial charge in [0.1, 0.15) is 0 Å². The van der Waals surface area contributed by atoms with Crippen LogP contribution in [0.2, 0.25) is 0 Å². The minimum atomic E-state index is -0.00530. The molecular formula is C15H23N3O. The number of carbonyl (C=O) groups excluding carboxylic acids is 1. The second-order valence-corrected chi connectivity index (χ2v) is 5.24. The lowest BCUT2D eigenvalue weighted by molar-refractivity contribution is 0.0928. The Morgan fingerprint density at radius 3 is 3.05 bits per heavy atom. The highest BCUT2D eigenvalue weighted by Gasteiger charge is 2.19. The smallest absolute Gasteiger partial charge is 0.251 e. The highest BCUT2D eigenvalue weighted by molar-refractivity contribution is 5.94. The molecule has 1 aromatic carbocycles. The summed E-state index contributed by atoms with van der Waals surface area (Å²) in [6, 6.07) is 7.98. The SMILES string of the molecule is CN1CCCCC1CNC(=O)c1cccc(CN)c1. The third kappa shape index (κ3) is 3.78. The summed E-state index contributed by atoms with van der Waals surface area (Å²) in [6.07, 6.45) is 3.69. The van der Waals surface area contributed by atoms with Gasteiger partial charge >= 0.3 is 0 Å². The van der Waals surface area contributed by atoms with E-state index in [2.05, 4.69) is 17.3 Å². The van der Waals surface area contributed by atoms with Gasteiger partial charge < -0.3 is 16.0 Å². The van der Waals surface area contributed by atoms with E-state index < -0.39 is 0 Å². The van der Waals surface area contributed by atoms with Gasteiger partial charge in [0, 0.05) is 24.7 Å². The number of nitrogens with zero attached hydrogens (tertiary/aromatic N) is 1. The normalized spacial score (nSPS) is 20.2. The molecule has 19 heavy (non-hydrogen) atoms. The number of likely N-dealkylation sites (N-methyl/N-ethyl adjacent to an activating group) is 1. The van der Waals surface area contributed by atoms with Crippen LogP contribution < -0.4 is 11.1 Å². The third-order valence-electron chi connectivity index (χ3n) is 3.84. The fourth-order valence-electron chi connectivity index (χ4n) is 2.55. The van der Waals surface area contributed by atoms with Crippen LogP contribution in [-0.4, -0.2) is 37.0 Å². The van der Waals surface area contributed by atoms with Crippen molar-refractivity contribution in [2.45, 2.75) is 31.8 Å². The largest absolute Gasteiger partial charge is 0.350 e. The number of hydrogen-bond acceptors (Lipinski definition) is 3. The van der Waals surface area contributed by atoms with Gasteiger partial charge in [-0.1, -0.05) is 18.6 Å². The van der Waals surface area contributed by atoms with Crippen molar-refractivity contribution in [3.05, 3.63) is 35.4 Å². The van der Waals surface area contributed by atoms with E-state index in [1.807, 2.05) is 24.3 Å². The molecular weight excluding hydrogens is 238 g/mol. The van der Waals surface area contributed by atoms with Gasteiger partial charge in [0.25, 0.3) is 5.91 Å². The Bertz CT molecular complexity index is 433. The zero-order valence-electron chi connectivity index (χ0n) is 11.6. The molecule has 1 aliphatic rings. The maximum atomic E-state index is 12.1. The highest BCUT2D eigenvalue weighted by Crippen LogP contribution is 2.14. The number of nitrogens with one attached hydrogen (secondary N) is 1. The molecule has 0 bridgehead atoms. The lowest BCUT2D eigenvalue weighted by Gasteiger charge is -2.32. The van der Waals surface area contributed by atoms with Gasteiger partial charge in [0.15, 0.2) is 0 Å². The lowest BCUT2D eigenvalue weighted by Crippen LogP contribution is -2.44. The van der Waals surface area contributed by atoms with Crippen LogP contribution in [0.5, 0.6) is 0 Å². The molecule has 1 unspecified atom stereocenters. The molecule has 2 rings (SSSR count). The molecule has 1 saturated heterocycles. The fraction of sp³-hybridized carbons (Fsp3) is 0.533. The average Bonchev–Trinajstić information content (AvgIpc) is 2.46. The van der Waals surface area contributed by atoms with Crippen molar-refractivity contribution in [2.75, 3.05) is 20.1 Å². The summed E-state index contributed by atoms with van der Waals surface area (Å²) in [4.78, 5) is 14.4. The quantitative estimate of drug-likeness (QED) is 0.860. The Hall–Kier alpha value is -1.39. The number of rotatable bonds is 4. The molecule has 1 heterocycles. The molecule has 0 aliphatic carbocycles. The van der Waals surface area contributed by atoms with E-state index in [1.54, 1.807) is 0 Å². The summed E-state index contributed by atoms with van der Waals surface area (Å²) in [7, 11) is 2.13. The zero-order valence-corrected chi connectivity index (χ0v) is 11.6. The first-order chi connectivity index (χ1) is 9.20. The van der Waals surface area contributed by atoms with Crippen LogP contribution in [0.3, 0.4) is 0 Å². The first-order valence-electron chi connectivity index (χ1n) is 6.98. The number of hydrogen-bond donors (Lipinski definition) is 2. The van der Waals surface area contributed by atoms with Gasteiger partial charge in [-0.3, -0.25) is 4.79 Å². The number of carbonyl (C=O) groups is 1. The molecule has 0 aromatic heterocycles. The summed E-state index contributed by atoms with van der Waals surface area (Å²) in [5.41, 5.74) is 7.27. The van der Waals surface area contributed by atoms with Crippen LogP contribution in [-0.2, 0) is 6.54 Å². The van der Waals surface area contributed by atoms with Gasteiger partial charge in [0.05, 0.1) is 0 Å². The minimum absolute atomic E-state index is 0.00530. The van der Waals surface area contributed by atoms with Crippen molar-refractivity contribution in [1.82, 2.24) is 10.2 Å². The average molecular weight is 261 g/mol. The van der Waals surface area contributed by atoms with Gasteiger partial charge in [-0.25, -0.2) is 0 Å². The van der Waals surface area contributed by atoms with E-state index in [0.29, 0.717) is 18.2 Å². The standard InChI is InChI=1S/C15H23N3O/c1-18-8-3-2-7-14(18)11-17-15(19)13-6-4-5-12(9-13)10-16/h4-6,9,14H,2-3,7-8,10-11,16H2,1H3,(H,17,19). The van der Waals surface area contributed by atoms with Gasteiger partial charge in [-0.05, 0) is 44.1 Å². The van der Waals surface area contributed by atoms with E-state index in [9.17, 15) is 4.79 Å². The summed E-state index contributed by atoms with van der Waals surface area (Å²) in [6.45, 7) is 2.32. The molecule has 1 amide bonds. The first-order valence-corrected chi connectivity index (χ1v) is 6.98. The van der Waals surface area contributed by atoms with Crippen LogP contribution in [0, 0.1) is 0 Å². The molecule has 0 radical (unpaired) electrons. The van der Waals surface area contributed by atoms with Gasteiger partial charge in [-0.2, -0.15) is 0 Å². The van der Waals surface area contributed by atoms with Crippen LogP contribution in [0.15, 0.2) is 24.3 Å². The Kier molecular flexibility index (Phi) is 4.93. The van der Waals surface area contributed by atoms with E-state index in [1.165, 1.54) is 19.3 Å². The van der Waals surface area contributed by atoms with Crippen LogP contribution >= 0.6 is 0 Å². The van der Waals surface area contributed by atoms with Crippen LogP contribution in [0.4, 0.5) is 0 Å². The molecule has 4 nitrogen and oxygen atoms in total. The van der Waals surface area contributed by atoms with E-state index in [0.717, 1.165) is 18.7 Å². The number of nitrogens with two attached hydrogens (primary N) is 1. The van der Waals surface area contributed by atoms with E-state index >= 15 is 0 Å². The molecule has 4 heteroatoms. The Labute approximate surface area is 115 Å². The monoisotopic (exact) mass is 261 g/mol. The number of piperidine rings is 1. The molecule has 0 saturated carbocycles. The summed E-state index contributed by atoms with van der Waals surface area (Å²) < 4.78 is 0. The van der Waals surface area contributed by atoms with Crippen LogP contribution in [0.1, 0.15) is 35.2 Å². The van der Waals surface area contributed by atoms with Crippen LogP contribution in [0.25, 0.3) is 0 Å². The Morgan fingerprint density at radius 1 is 1.47 bits per heavy atom. The second kappa shape index (κ2) is 6.68. The molecule has 0 spiro atoms. The van der Waals surface area contributed by atoms with E-state index in [4.69, 9.17) is 5.73 Å². The molecule has 104 valence electrons. The van der Waals surface area contributed by atoms with Crippen molar-refractivity contribution in [3.63, 3.8) is 0 Å². The van der Waals surface area contributed by atoms with Crippen molar-refractivity contribution in [2.24, 2.45) is 5.73 Å².